The van der Waals surface area contributed by atoms with E-state index in [1.54, 1.807) is 13.3 Å². The lowest BCUT2D eigenvalue weighted by atomic mass is 10.1. The molecule has 31 heavy (non-hydrogen) atoms. The lowest BCUT2D eigenvalue weighted by molar-refractivity contribution is 0.0751. The summed E-state index contributed by atoms with van der Waals surface area (Å²) in [5.74, 6) is 1.14. The van der Waals surface area contributed by atoms with Crippen molar-refractivity contribution >= 4 is 28.9 Å². The number of carbonyl (C=O) groups is 1. The molecule has 0 saturated heterocycles. The van der Waals surface area contributed by atoms with Crippen LogP contribution in [0.2, 0.25) is 0 Å². The van der Waals surface area contributed by atoms with E-state index in [-0.39, 0.29) is 5.91 Å². The molecule has 0 radical (unpaired) electrons. The fourth-order valence-electron chi connectivity index (χ4n) is 3.47. The Bertz CT molecular complexity index is 1090. The summed E-state index contributed by atoms with van der Waals surface area (Å²) in [6, 6.07) is 15.2. The zero-order valence-corrected chi connectivity index (χ0v) is 17.9. The number of nitrogens with zero attached hydrogens (tertiary/aromatic N) is 4. The Balaban J connectivity index is 1.57. The van der Waals surface area contributed by atoms with Gasteiger partial charge < -0.3 is 25.2 Å². The average molecular weight is 419 g/mol. The molecule has 0 saturated carbocycles. The Kier molecular flexibility index (Phi) is 5.88. The summed E-state index contributed by atoms with van der Waals surface area (Å²) in [5.41, 5.74) is 4.03. The third-order valence-electron chi connectivity index (χ3n) is 5.16. The summed E-state index contributed by atoms with van der Waals surface area (Å²) < 4.78 is 5.39. The highest BCUT2D eigenvalue weighted by atomic mass is 16.5. The first kappa shape index (κ1) is 20.5. The number of hydrogen-bond donors (Lipinski definition) is 2. The number of fused-ring (bicyclic) bond motifs is 1. The van der Waals surface area contributed by atoms with Crippen molar-refractivity contribution in [1.29, 1.82) is 0 Å². The summed E-state index contributed by atoms with van der Waals surface area (Å²) >= 11 is 0. The summed E-state index contributed by atoms with van der Waals surface area (Å²) in [7, 11) is 5.54. The van der Waals surface area contributed by atoms with E-state index >= 15 is 0 Å². The van der Waals surface area contributed by atoms with Crippen LogP contribution in [0.25, 0.3) is 0 Å². The Hall–Kier alpha value is -3.81. The van der Waals surface area contributed by atoms with E-state index in [4.69, 9.17) is 4.74 Å². The zero-order valence-electron chi connectivity index (χ0n) is 17.9. The van der Waals surface area contributed by atoms with E-state index in [2.05, 4.69) is 20.6 Å². The van der Waals surface area contributed by atoms with Crippen molar-refractivity contribution in [2.24, 2.45) is 0 Å². The molecule has 2 aromatic carbocycles. The second-order valence-electron chi connectivity index (χ2n) is 7.48. The number of nitrogens with one attached hydrogen (secondary N) is 2. The molecule has 3 aromatic rings. The molecule has 0 fully saturated rings. The van der Waals surface area contributed by atoms with Crippen LogP contribution in [0.5, 0.6) is 5.75 Å². The van der Waals surface area contributed by atoms with Crippen molar-refractivity contribution < 1.29 is 9.53 Å². The van der Waals surface area contributed by atoms with Crippen LogP contribution in [-0.2, 0) is 6.54 Å². The topological polar surface area (TPSA) is 82.6 Å². The Labute approximate surface area is 181 Å². The molecule has 1 aromatic heterocycles. The van der Waals surface area contributed by atoms with E-state index < -0.39 is 0 Å². The molecule has 2 N–H and O–H groups in total. The van der Waals surface area contributed by atoms with Gasteiger partial charge in [-0.2, -0.15) is 0 Å². The van der Waals surface area contributed by atoms with Crippen LogP contribution in [0, 0.1) is 0 Å². The molecule has 0 bridgehead atoms. The first-order chi connectivity index (χ1) is 15.0. The van der Waals surface area contributed by atoms with Gasteiger partial charge in [-0.1, -0.05) is 18.2 Å². The van der Waals surface area contributed by atoms with Gasteiger partial charge in [0.2, 0.25) is 5.95 Å². The summed E-state index contributed by atoms with van der Waals surface area (Å²) in [6.45, 7) is 1.61. The van der Waals surface area contributed by atoms with Crippen molar-refractivity contribution in [2.45, 2.75) is 6.54 Å². The van der Waals surface area contributed by atoms with Gasteiger partial charge in [-0.05, 0) is 30.3 Å². The molecule has 1 amide bonds. The average Bonchev–Trinajstić information content (AvgIpc) is 3.01. The molecular weight excluding hydrogens is 392 g/mol. The first-order valence-corrected chi connectivity index (χ1v) is 10.1. The van der Waals surface area contributed by atoms with Crippen LogP contribution in [0.15, 0.2) is 54.7 Å². The number of anilines is 4. The molecule has 160 valence electrons. The predicted octanol–water partition coefficient (Wildman–Crippen LogP) is 3.36. The van der Waals surface area contributed by atoms with E-state index in [0.717, 1.165) is 22.8 Å². The smallest absolute Gasteiger partial charge is 0.254 e. The van der Waals surface area contributed by atoms with Crippen molar-refractivity contribution in [3.8, 4) is 5.75 Å². The maximum atomic E-state index is 13.2. The van der Waals surface area contributed by atoms with Gasteiger partial charge in [-0.3, -0.25) is 4.79 Å². The number of benzene rings is 2. The van der Waals surface area contributed by atoms with Crippen molar-refractivity contribution in [3.05, 3.63) is 66.0 Å². The second kappa shape index (κ2) is 8.91. The highest BCUT2D eigenvalue weighted by molar-refractivity contribution is 5.95. The number of carbonyl (C=O) groups excluding carboxylic acids is 1. The molecule has 0 atom stereocenters. The zero-order chi connectivity index (χ0) is 21.8. The van der Waals surface area contributed by atoms with Crippen LogP contribution in [0.3, 0.4) is 0 Å². The lowest BCUT2D eigenvalue weighted by Gasteiger charge is -2.21. The second-order valence-corrected chi connectivity index (χ2v) is 7.48. The molecule has 8 heteroatoms. The highest BCUT2D eigenvalue weighted by Crippen LogP contribution is 2.27. The number of para-hydroxylation sites is 2. The van der Waals surface area contributed by atoms with Crippen molar-refractivity contribution in [1.82, 2.24) is 14.9 Å². The number of amides is 1. The number of rotatable bonds is 5. The van der Waals surface area contributed by atoms with Gasteiger partial charge in [0.05, 0.1) is 36.9 Å². The predicted molar refractivity (Wildman–Crippen MR) is 122 cm³/mol. The molecule has 1 aliphatic rings. The fraction of sp³-hybridized carbons (Fsp3) is 0.261. The van der Waals surface area contributed by atoms with E-state index in [1.807, 2.05) is 72.4 Å². The Morgan fingerprint density at radius 2 is 2.03 bits per heavy atom. The van der Waals surface area contributed by atoms with Crippen LogP contribution >= 0.6 is 0 Å². The minimum atomic E-state index is -0.0174. The summed E-state index contributed by atoms with van der Waals surface area (Å²) in [4.78, 5) is 26.1. The van der Waals surface area contributed by atoms with E-state index in [1.165, 1.54) is 0 Å². The third-order valence-corrected chi connectivity index (χ3v) is 5.16. The summed E-state index contributed by atoms with van der Waals surface area (Å²) in [6.07, 6.45) is 1.75. The van der Waals surface area contributed by atoms with Crippen LogP contribution in [-0.4, -0.2) is 55.1 Å². The monoisotopic (exact) mass is 418 g/mol. The SMILES string of the molecule is COc1ccccc1Nc1ncc2c(n1)CN(C(=O)c1cccc(N(C)C)c1)CCN2. The van der Waals surface area contributed by atoms with Crippen LogP contribution < -0.4 is 20.3 Å². The van der Waals surface area contributed by atoms with Gasteiger partial charge >= 0.3 is 0 Å². The molecule has 8 nitrogen and oxygen atoms in total. The van der Waals surface area contributed by atoms with Crippen LogP contribution in [0.4, 0.5) is 23.0 Å². The van der Waals surface area contributed by atoms with Gasteiger partial charge in [-0.25, -0.2) is 9.97 Å². The minimum absolute atomic E-state index is 0.0174. The molecule has 1 aliphatic heterocycles. The van der Waals surface area contributed by atoms with Crippen LogP contribution in [0.1, 0.15) is 16.1 Å². The van der Waals surface area contributed by atoms with E-state index in [0.29, 0.717) is 36.9 Å². The Morgan fingerprint density at radius 3 is 2.84 bits per heavy atom. The van der Waals surface area contributed by atoms with Gasteiger partial charge in [0.1, 0.15) is 5.75 Å². The number of methoxy groups -OCH3 is 1. The van der Waals surface area contributed by atoms with Gasteiger partial charge in [0.25, 0.3) is 5.91 Å². The minimum Gasteiger partial charge on any atom is -0.495 e. The number of ether oxygens (including phenoxy) is 1. The molecule has 2 heterocycles. The molecule has 0 aliphatic carbocycles. The third kappa shape index (κ3) is 4.53. The lowest BCUT2D eigenvalue weighted by Crippen LogP contribution is -2.33. The van der Waals surface area contributed by atoms with Gasteiger partial charge in [0.15, 0.2) is 0 Å². The molecular formula is C23H26N6O2. The van der Waals surface area contributed by atoms with E-state index in [9.17, 15) is 4.79 Å². The first-order valence-electron chi connectivity index (χ1n) is 10.1. The highest BCUT2D eigenvalue weighted by Gasteiger charge is 2.22. The van der Waals surface area contributed by atoms with Crippen molar-refractivity contribution in [3.63, 3.8) is 0 Å². The molecule has 4 rings (SSSR count). The van der Waals surface area contributed by atoms with Crippen molar-refractivity contribution in [2.75, 3.05) is 49.8 Å². The number of hydrogen-bond acceptors (Lipinski definition) is 7. The fourth-order valence-corrected chi connectivity index (χ4v) is 3.47. The van der Waals surface area contributed by atoms with Gasteiger partial charge in [0, 0.05) is 38.4 Å². The standard InChI is InChI=1S/C23H26N6O2/c1-28(2)17-8-6-7-16(13-17)22(30)29-12-11-24-19-14-25-23(27-20(19)15-29)26-18-9-4-5-10-21(18)31-3/h4-10,13-14,24H,11-12,15H2,1-3H3,(H,25,26,27). The largest absolute Gasteiger partial charge is 0.495 e. The summed E-state index contributed by atoms with van der Waals surface area (Å²) in [5, 5.41) is 6.53. The van der Waals surface area contributed by atoms with Gasteiger partial charge in [-0.15, -0.1) is 0 Å². The Morgan fingerprint density at radius 1 is 1.19 bits per heavy atom. The molecule has 0 spiro atoms. The molecule has 0 unspecified atom stereocenters. The maximum Gasteiger partial charge on any atom is 0.254 e. The normalized spacial score (nSPS) is 12.9. The maximum absolute atomic E-state index is 13.2. The quantitative estimate of drug-likeness (QED) is 0.657. The number of aromatic nitrogens is 2.